The number of thiazole rings is 1. The Kier molecular flexibility index (Phi) is 6.00. The lowest BCUT2D eigenvalue weighted by Crippen LogP contribution is -2.35. The van der Waals surface area contributed by atoms with Gasteiger partial charge in [-0.3, -0.25) is 14.6 Å². The molecule has 1 aliphatic rings. The molecule has 32 heavy (non-hydrogen) atoms. The molecule has 0 unspecified atom stereocenters. The summed E-state index contributed by atoms with van der Waals surface area (Å²) in [7, 11) is 2.89. The van der Waals surface area contributed by atoms with Crippen LogP contribution < -0.4 is 14.5 Å². The van der Waals surface area contributed by atoms with Gasteiger partial charge in [0.15, 0.2) is 0 Å². The summed E-state index contributed by atoms with van der Waals surface area (Å²) in [4.78, 5) is 40.5. The first-order valence-corrected chi connectivity index (χ1v) is 10.8. The zero-order valence-electron chi connectivity index (χ0n) is 17.6. The lowest BCUT2D eigenvalue weighted by Gasteiger charge is -2.32. The van der Waals surface area contributed by atoms with Crippen LogP contribution >= 0.6 is 11.3 Å². The Labute approximate surface area is 188 Å². The van der Waals surface area contributed by atoms with E-state index in [9.17, 15) is 19.5 Å². The monoisotopic (exact) mass is 454 g/mol. The van der Waals surface area contributed by atoms with Crippen LogP contribution in [0.3, 0.4) is 0 Å². The van der Waals surface area contributed by atoms with E-state index < -0.39 is 5.97 Å². The average molecular weight is 455 g/mol. The molecule has 1 aromatic heterocycles. The summed E-state index contributed by atoms with van der Waals surface area (Å²) in [6, 6.07) is 10.6. The molecule has 9 heteroatoms. The number of anilines is 1. The highest BCUT2D eigenvalue weighted by molar-refractivity contribution is 7.09. The van der Waals surface area contributed by atoms with E-state index in [1.54, 1.807) is 42.3 Å². The van der Waals surface area contributed by atoms with E-state index in [4.69, 9.17) is 9.47 Å². The molecule has 0 saturated carbocycles. The molecule has 0 bridgehead atoms. The second-order valence-corrected chi connectivity index (χ2v) is 8.45. The molecule has 1 amide bonds. The third-order valence-corrected chi connectivity index (χ3v) is 6.36. The number of aromatic amines is 1. The summed E-state index contributed by atoms with van der Waals surface area (Å²) in [6.07, 6.45) is 1.25. The van der Waals surface area contributed by atoms with Gasteiger partial charge in [-0.15, -0.1) is 0 Å². The zero-order chi connectivity index (χ0) is 22.8. The number of hydrogen-bond acceptors (Lipinski definition) is 7. The number of methoxy groups -OCH3 is 2. The minimum atomic E-state index is -0.419. The molecular formula is C23H22N2O6S. The Hall–Kier alpha value is -3.59. The maximum atomic E-state index is 12.9. The molecule has 0 atom stereocenters. The molecule has 4 rings (SSSR count). The van der Waals surface area contributed by atoms with E-state index in [-0.39, 0.29) is 16.7 Å². The van der Waals surface area contributed by atoms with E-state index in [0.717, 1.165) is 28.0 Å². The van der Waals surface area contributed by atoms with Crippen molar-refractivity contribution in [3.63, 3.8) is 0 Å². The first-order chi connectivity index (χ1) is 15.4. The van der Waals surface area contributed by atoms with Crippen molar-refractivity contribution in [3.05, 3.63) is 73.2 Å². The number of aromatic nitrogens is 1. The predicted octanol–water partition coefficient (Wildman–Crippen LogP) is 3.01. The summed E-state index contributed by atoms with van der Waals surface area (Å²) < 4.78 is 10.3. The number of H-pyrrole nitrogens is 1. The minimum absolute atomic E-state index is 0.0286. The highest BCUT2D eigenvalue weighted by Crippen LogP contribution is 2.41. The second kappa shape index (κ2) is 8.88. The molecule has 3 aromatic rings. The van der Waals surface area contributed by atoms with Crippen molar-refractivity contribution >= 4 is 28.9 Å². The number of esters is 1. The lowest BCUT2D eigenvalue weighted by atomic mass is 9.92. The van der Waals surface area contributed by atoms with Crippen molar-refractivity contribution in [2.24, 2.45) is 0 Å². The van der Waals surface area contributed by atoms with Crippen LogP contribution in [0.25, 0.3) is 0 Å². The lowest BCUT2D eigenvalue weighted by molar-refractivity contribution is -0.119. The van der Waals surface area contributed by atoms with Gasteiger partial charge in [-0.25, -0.2) is 4.79 Å². The fourth-order valence-electron chi connectivity index (χ4n) is 3.91. The highest BCUT2D eigenvalue weighted by Gasteiger charge is 2.30. The Bertz CT molecular complexity index is 1230. The molecule has 166 valence electrons. The summed E-state index contributed by atoms with van der Waals surface area (Å²) in [6.45, 7) is 0.315. The van der Waals surface area contributed by atoms with Gasteiger partial charge in [0.1, 0.15) is 5.75 Å². The van der Waals surface area contributed by atoms with Crippen molar-refractivity contribution < 1.29 is 24.2 Å². The van der Waals surface area contributed by atoms with Crippen LogP contribution in [-0.4, -0.2) is 36.2 Å². The smallest absolute Gasteiger partial charge is 0.337 e. The van der Waals surface area contributed by atoms with Crippen LogP contribution in [-0.2, 0) is 28.9 Å². The number of nitrogens with zero attached hydrogens (tertiary/aromatic N) is 1. The van der Waals surface area contributed by atoms with Crippen molar-refractivity contribution in [2.45, 2.75) is 25.8 Å². The average Bonchev–Trinajstić information content (AvgIpc) is 3.12. The summed E-state index contributed by atoms with van der Waals surface area (Å²) >= 11 is 0.969. The fraction of sp³-hybridized carbons (Fsp3) is 0.261. The Morgan fingerprint density at radius 1 is 1.12 bits per heavy atom. The standard InChI is InChI=1S/C23H22N2O6S/c1-30-17-9-7-15(11-18-21(27)24-23(29)32-18)16-8-10-19(26)25(20(16)17)12-13-3-5-14(6-4-13)22(28)31-2/h3-7,9,27H,8,10-12H2,1-2H3,(H,24,29). The fourth-order valence-corrected chi connectivity index (χ4v) is 4.66. The molecule has 2 heterocycles. The number of aromatic hydroxyl groups is 1. The molecule has 2 N–H and O–H groups in total. The topological polar surface area (TPSA) is 109 Å². The summed E-state index contributed by atoms with van der Waals surface area (Å²) in [5.41, 5.74) is 3.86. The number of ether oxygens (including phenoxy) is 2. The van der Waals surface area contributed by atoms with E-state index in [1.807, 2.05) is 6.07 Å². The number of amides is 1. The normalized spacial score (nSPS) is 13.1. The molecular weight excluding hydrogens is 432 g/mol. The second-order valence-electron chi connectivity index (χ2n) is 7.39. The number of carbonyl (C=O) groups is 2. The maximum Gasteiger partial charge on any atom is 0.337 e. The molecule has 0 radical (unpaired) electrons. The molecule has 8 nitrogen and oxygen atoms in total. The van der Waals surface area contributed by atoms with Crippen molar-refractivity contribution in [3.8, 4) is 11.6 Å². The molecule has 2 aromatic carbocycles. The Morgan fingerprint density at radius 3 is 2.50 bits per heavy atom. The van der Waals surface area contributed by atoms with Gasteiger partial charge in [0, 0.05) is 12.8 Å². The van der Waals surface area contributed by atoms with E-state index >= 15 is 0 Å². The number of rotatable bonds is 6. The summed E-state index contributed by atoms with van der Waals surface area (Å²) in [5, 5.41) is 10.00. The van der Waals surface area contributed by atoms with Crippen LogP contribution in [0, 0.1) is 0 Å². The predicted molar refractivity (Wildman–Crippen MR) is 120 cm³/mol. The van der Waals surface area contributed by atoms with Crippen LogP contribution in [0.4, 0.5) is 5.69 Å². The molecule has 0 fully saturated rings. The number of fused-ring (bicyclic) bond motifs is 1. The van der Waals surface area contributed by atoms with Gasteiger partial charge in [0.05, 0.1) is 36.9 Å². The van der Waals surface area contributed by atoms with Crippen molar-refractivity contribution in [1.29, 1.82) is 0 Å². The maximum absolute atomic E-state index is 12.9. The van der Waals surface area contributed by atoms with Gasteiger partial charge in [0.2, 0.25) is 11.8 Å². The minimum Gasteiger partial charge on any atom is -0.495 e. The first-order valence-electron chi connectivity index (χ1n) is 9.98. The molecule has 0 saturated heterocycles. The Morgan fingerprint density at radius 2 is 1.88 bits per heavy atom. The largest absolute Gasteiger partial charge is 0.495 e. The third-order valence-electron chi connectivity index (χ3n) is 5.49. The number of benzene rings is 2. The van der Waals surface area contributed by atoms with Crippen LogP contribution in [0.15, 0.2) is 41.2 Å². The van der Waals surface area contributed by atoms with E-state index in [2.05, 4.69) is 4.98 Å². The van der Waals surface area contributed by atoms with Gasteiger partial charge >= 0.3 is 10.8 Å². The SMILES string of the molecule is COC(=O)c1ccc(CN2C(=O)CCc3c(Cc4sc(=O)[nH]c4O)ccc(OC)c32)cc1. The van der Waals surface area contributed by atoms with Gasteiger partial charge in [-0.2, -0.15) is 0 Å². The van der Waals surface area contributed by atoms with Gasteiger partial charge < -0.3 is 19.5 Å². The first kappa shape index (κ1) is 21.6. The van der Waals surface area contributed by atoms with Crippen LogP contribution in [0.5, 0.6) is 11.6 Å². The molecule has 1 aliphatic heterocycles. The number of hydrogen-bond donors (Lipinski definition) is 2. The van der Waals surface area contributed by atoms with Crippen LogP contribution in [0.2, 0.25) is 0 Å². The number of nitrogens with one attached hydrogen (secondary N) is 1. The highest BCUT2D eigenvalue weighted by atomic mass is 32.1. The van der Waals surface area contributed by atoms with Crippen molar-refractivity contribution in [1.82, 2.24) is 4.98 Å². The quantitative estimate of drug-likeness (QED) is 0.554. The van der Waals surface area contributed by atoms with Gasteiger partial charge in [0.25, 0.3) is 0 Å². The van der Waals surface area contributed by atoms with E-state index in [1.165, 1.54) is 7.11 Å². The van der Waals surface area contributed by atoms with Crippen LogP contribution in [0.1, 0.15) is 38.3 Å². The molecule has 0 aliphatic carbocycles. The molecule has 0 spiro atoms. The van der Waals surface area contributed by atoms with Gasteiger partial charge in [-0.1, -0.05) is 29.5 Å². The number of carbonyl (C=O) groups excluding carboxylic acids is 2. The Balaban J connectivity index is 1.70. The van der Waals surface area contributed by atoms with E-state index in [0.29, 0.717) is 47.7 Å². The van der Waals surface area contributed by atoms with Gasteiger partial charge in [-0.05, 0) is 41.3 Å². The zero-order valence-corrected chi connectivity index (χ0v) is 18.5. The third kappa shape index (κ3) is 4.11. The van der Waals surface area contributed by atoms with Crippen molar-refractivity contribution in [2.75, 3.05) is 19.1 Å². The summed E-state index contributed by atoms with van der Waals surface area (Å²) in [5.74, 6) is 0.00479.